The molecule has 1 amide bonds. The van der Waals surface area contributed by atoms with Crippen molar-refractivity contribution in [1.29, 1.82) is 0 Å². The molecule has 2 heterocycles. The molecule has 0 spiro atoms. The Kier molecular flexibility index (Phi) is 9.74. The summed E-state index contributed by atoms with van der Waals surface area (Å²) in [5.41, 5.74) is 6.30. The lowest BCUT2D eigenvalue weighted by molar-refractivity contribution is -0.143. The van der Waals surface area contributed by atoms with E-state index in [2.05, 4.69) is 10.8 Å². The number of hydrogen-bond acceptors (Lipinski definition) is 5. The number of methoxy groups -OCH3 is 1. The second kappa shape index (κ2) is 13.9. The number of ether oxygens (including phenoxy) is 1. The summed E-state index contributed by atoms with van der Waals surface area (Å²) in [5, 5.41) is 10.3. The number of fused-ring (bicyclic) bond motifs is 1. The Hall–Kier alpha value is -4.82. The van der Waals surface area contributed by atoms with E-state index in [0.29, 0.717) is 41.2 Å². The van der Waals surface area contributed by atoms with Crippen molar-refractivity contribution in [2.75, 3.05) is 13.7 Å². The molecular formula is C37H37FN2O5. The Morgan fingerprint density at radius 3 is 2.20 bits per heavy atom. The number of ketones is 1. The highest BCUT2D eigenvalue weighted by Crippen LogP contribution is 2.43. The molecule has 1 atom stereocenters. The maximum Gasteiger partial charge on any atom is 0.308 e. The fourth-order valence-corrected chi connectivity index (χ4v) is 5.95. The average molecular weight is 609 g/mol. The summed E-state index contributed by atoms with van der Waals surface area (Å²) in [6.45, 7) is 4.98. The summed E-state index contributed by atoms with van der Waals surface area (Å²) in [6, 6.07) is 23.6. The van der Waals surface area contributed by atoms with Crippen molar-refractivity contribution in [2.45, 2.75) is 51.8 Å². The number of aliphatic hydroxyl groups is 1. The number of halogens is 1. The molecule has 0 saturated heterocycles. The van der Waals surface area contributed by atoms with Gasteiger partial charge in [-0.25, -0.2) is 4.39 Å². The van der Waals surface area contributed by atoms with Crippen LogP contribution in [0.1, 0.15) is 60.0 Å². The molecule has 4 aromatic rings. The molecule has 7 nitrogen and oxygen atoms in total. The minimum Gasteiger partial charge on any atom is -0.469 e. The number of esters is 1. The van der Waals surface area contributed by atoms with Gasteiger partial charge in [-0.2, -0.15) is 0 Å². The van der Waals surface area contributed by atoms with Gasteiger partial charge < -0.3 is 19.3 Å². The molecular weight excluding hydrogens is 571 g/mol. The fraction of sp³-hybridized carbons (Fsp3) is 0.270. The zero-order valence-electron chi connectivity index (χ0n) is 25.7. The first kappa shape index (κ1) is 31.6. The third-order valence-corrected chi connectivity index (χ3v) is 8.07. The van der Waals surface area contributed by atoms with Crippen LogP contribution >= 0.6 is 0 Å². The lowest BCUT2D eigenvalue weighted by Gasteiger charge is -2.30. The van der Waals surface area contributed by atoms with Crippen molar-refractivity contribution in [3.05, 3.63) is 113 Å². The number of benzene rings is 3. The zero-order valence-corrected chi connectivity index (χ0v) is 25.7. The van der Waals surface area contributed by atoms with E-state index >= 15 is 0 Å². The highest BCUT2D eigenvalue weighted by molar-refractivity contribution is 6.07. The summed E-state index contributed by atoms with van der Waals surface area (Å²) < 4.78 is 20.7. The van der Waals surface area contributed by atoms with Crippen LogP contribution in [0.3, 0.4) is 0 Å². The first-order chi connectivity index (χ1) is 21.7. The highest BCUT2D eigenvalue weighted by atomic mass is 19.1. The number of rotatable bonds is 10. The van der Waals surface area contributed by atoms with Crippen LogP contribution in [0, 0.1) is 5.82 Å². The summed E-state index contributed by atoms with van der Waals surface area (Å²) >= 11 is 0. The molecule has 232 valence electrons. The van der Waals surface area contributed by atoms with E-state index in [-0.39, 0.29) is 24.8 Å². The molecule has 1 N–H and O–H groups in total. The van der Waals surface area contributed by atoms with Crippen LogP contribution in [-0.2, 0) is 27.3 Å². The van der Waals surface area contributed by atoms with Gasteiger partial charge in [0.15, 0.2) is 5.78 Å². The van der Waals surface area contributed by atoms with Gasteiger partial charge in [-0.05, 0) is 66.8 Å². The first-order valence-corrected chi connectivity index (χ1v) is 15.1. The molecule has 0 fully saturated rings. The van der Waals surface area contributed by atoms with Gasteiger partial charge in [0.1, 0.15) is 11.5 Å². The maximum absolute atomic E-state index is 14.7. The summed E-state index contributed by atoms with van der Waals surface area (Å²) in [5.74, 6) is -1.53. The minimum atomic E-state index is -1.19. The Balaban J connectivity index is 1.69. The number of carbonyl (C=O) groups is 3. The van der Waals surface area contributed by atoms with Gasteiger partial charge in [0, 0.05) is 36.7 Å². The first-order valence-electron chi connectivity index (χ1n) is 15.1. The lowest BCUT2D eigenvalue weighted by atomic mass is 9.93. The van der Waals surface area contributed by atoms with Crippen molar-refractivity contribution in [2.24, 2.45) is 0 Å². The fourth-order valence-electron chi connectivity index (χ4n) is 5.95. The van der Waals surface area contributed by atoms with Crippen LogP contribution in [0.2, 0.25) is 0 Å². The van der Waals surface area contributed by atoms with Crippen molar-refractivity contribution < 1.29 is 28.6 Å². The molecule has 5 rings (SSSR count). The predicted octanol–water partition coefficient (Wildman–Crippen LogP) is 6.64. The molecule has 1 aliphatic rings. The van der Waals surface area contributed by atoms with Crippen molar-refractivity contribution >= 4 is 23.7 Å². The number of carbonyl (C=O) groups excluding carboxylic acids is 3. The maximum atomic E-state index is 14.7. The van der Waals surface area contributed by atoms with Gasteiger partial charge in [-0.3, -0.25) is 14.4 Å². The topological polar surface area (TPSA) is 88.8 Å². The Morgan fingerprint density at radius 2 is 1.53 bits per heavy atom. The second-order valence-electron chi connectivity index (χ2n) is 11.5. The van der Waals surface area contributed by atoms with E-state index in [9.17, 15) is 23.9 Å². The van der Waals surface area contributed by atoms with E-state index in [4.69, 9.17) is 0 Å². The average Bonchev–Trinajstić information content (AvgIpc) is 3.39. The van der Waals surface area contributed by atoms with Crippen LogP contribution < -0.4 is 0 Å². The van der Waals surface area contributed by atoms with Gasteiger partial charge >= 0.3 is 5.97 Å². The molecule has 1 aromatic heterocycles. The number of nitrogens with zero attached hydrogens (tertiary/aromatic N) is 2. The van der Waals surface area contributed by atoms with E-state index < -0.39 is 23.7 Å². The number of amides is 1. The van der Waals surface area contributed by atoms with E-state index in [1.807, 2.05) is 71.8 Å². The number of hydrogen-bond donors (Lipinski definition) is 1. The molecule has 0 saturated carbocycles. The van der Waals surface area contributed by atoms with Crippen molar-refractivity contribution in [3.63, 3.8) is 0 Å². The molecule has 0 unspecified atom stereocenters. The largest absolute Gasteiger partial charge is 0.469 e. The summed E-state index contributed by atoms with van der Waals surface area (Å²) in [7, 11) is 1.22. The quantitative estimate of drug-likeness (QED) is 0.161. The van der Waals surface area contributed by atoms with Crippen LogP contribution in [0.5, 0.6) is 0 Å². The van der Waals surface area contributed by atoms with Gasteiger partial charge in [-0.1, -0.05) is 66.7 Å². The minimum absolute atomic E-state index is 0.139. The lowest BCUT2D eigenvalue weighted by Crippen LogP contribution is -2.37. The van der Waals surface area contributed by atoms with Gasteiger partial charge in [-0.15, -0.1) is 0 Å². The Bertz CT molecular complexity index is 1720. The van der Waals surface area contributed by atoms with Gasteiger partial charge in [0.05, 0.1) is 25.3 Å². The van der Waals surface area contributed by atoms with Crippen molar-refractivity contribution in [3.8, 4) is 22.3 Å². The standard InChI is InChI=1S/C37H37FN2O5/c1-24(2)40-32(18-17-30(41)21-31(42)22-33(43)45-3)34(27-13-15-29(38)16-14-27)35(26-10-5-4-6-11-26)36(40)37(44)39-20-19-25-9-7-8-12-28(25)23-39/h4-18,24,31,42H,19-23H2,1-3H3/b18-17+/t31-/m1/s1. The van der Waals surface area contributed by atoms with Gasteiger partial charge in [0.2, 0.25) is 0 Å². The normalized spacial score (nSPS) is 13.6. The van der Waals surface area contributed by atoms with Crippen LogP contribution in [0.4, 0.5) is 4.39 Å². The monoisotopic (exact) mass is 608 g/mol. The van der Waals surface area contributed by atoms with E-state index in [0.717, 1.165) is 17.5 Å². The second-order valence-corrected chi connectivity index (χ2v) is 11.5. The number of allylic oxidation sites excluding steroid dienone is 1. The summed E-state index contributed by atoms with van der Waals surface area (Å²) in [6.07, 6.45) is 1.99. The molecule has 45 heavy (non-hydrogen) atoms. The van der Waals surface area contributed by atoms with Crippen LogP contribution in [0.15, 0.2) is 84.9 Å². The predicted molar refractivity (Wildman–Crippen MR) is 172 cm³/mol. The van der Waals surface area contributed by atoms with E-state index in [1.54, 1.807) is 18.2 Å². The van der Waals surface area contributed by atoms with Crippen molar-refractivity contribution in [1.82, 2.24) is 9.47 Å². The Morgan fingerprint density at radius 1 is 0.889 bits per heavy atom. The smallest absolute Gasteiger partial charge is 0.308 e. The third kappa shape index (κ3) is 6.97. The molecule has 8 heteroatoms. The van der Waals surface area contributed by atoms with Crippen LogP contribution in [-0.4, -0.2) is 52.0 Å². The third-order valence-electron chi connectivity index (χ3n) is 8.07. The van der Waals surface area contributed by atoms with E-state index in [1.165, 1.54) is 30.9 Å². The SMILES string of the molecule is COC(=O)C[C@H](O)CC(=O)/C=C/c1c(-c2ccc(F)cc2)c(-c2ccccc2)c(C(=O)N2CCc3ccccc3C2)n1C(C)C. The Labute approximate surface area is 262 Å². The number of aliphatic hydroxyl groups excluding tert-OH is 1. The molecule has 3 aromatic carbocycles. The zero-order chi connectivity index (χ0) is 32.1. The number of aromatic nitrogens is 1. The summed E-state index contributed by atoms with van der Waals surface area (Å²) in [4.78, 5) is 41.1. The van der Waals surface area contributed by atoms with Crippen LogP contribution in [0.25, 0.3) is 28.3 Å². The molecule has 1 aliphatic heterocycles. The molecule has 0 radical (unpaired) electrons. The highest BCUT2D eigenvalue weighted by Gasteiger charge is 2.33. The molecule has 0 bridgehead atoms. The molecule has 0 aliphatic carbocycles. The van der Waals surface area contributed by atoms with Gasteiger partial charge in [0.25, 0.3) is 5.91 Å².